The van der Waals surface area contributed by atoms with Gasteiger partial charge in [0.2, 0.25) is 11.8 Å². The number of thiazole rings is 1. The Balaban J connectivity index is 1.25. The van der Waals surface area contributed by atoms with E-state index in [1.54, 1.807) is 11.8 Å². The maximum Gasteiger partial charge on any atom is 0.229 e. The van der Waals surface area contributed by atoms with Crippen LogP contribution in [0, 0.1) is 5.92 Å². The lowest BCUT2D eigenvalue weighted by atomic mass is 9.94. The number of piperidine rings is 1. The standard InChI is InChI=1S/C20H28N4O2S2/c1-20(2,3)15-10-21-16(26-15)12-27-17-11-22-19(28-17)23-18(25)13-6-8-24(9-7-13)14-4-5-14/h10-11,13-14H,4-9,12H2,1-3H3,(H,22,23,25). The summed E-state index contributed by atoms with van der Waals surface area (Å²) in [5, 5.41) is 3.69. The Labute approximate surface area is 174 Å². The molecule has 8 heteroatoms. The molecule has 2 fully saturated rings. The molecule has 0 aromatic carbocycles. The number of carbonyl (C=O) groups is 1. The van der Waals surface area contributed by atoms with Gasteiger partial charge >= 0.3 is 0 Å². The quantitative estimate of drug-likeness (QED) is 0.692. The second-order valence-corrected chi connectivity index (χ2v) is 11.0. The van der Waals surface area contributed by atoms with Crippen molar-refractivity contribution in [2.45, 2.75) is 67.9 Å². The van der Waals surface area contributed by atoms with Gasteiger partial charge in [0, 0.05) is 17.4 Å². The summed E-state index contributed by atoms with van der Waals surface area (Å²) in [5.41, 5.74) is -0.0351. The molecule has 2 aromatic heterocycles. The fourth-order valence-corrected chi connectivity index (χ4v) is 5.14. The first-order chi connectivity index (χ1) is 13.4. The highest BCUT2D eigenvalue weighted by Gasteiger charge is 2.33. The van der Waals surface area contributed by atoms with Crippen molar-refractivity contribution >= 4 is 34.1 Å². The Morgan fingerprint density at radius 3 is 2.64 bits per heavy atom. The molecule has 28 heavy (non-hydrogen) atoms. The van der Waals surface area contributed by atoms with Gasteiger partial charge in [-0.1, -0.05) is 32.1 Å². The summed E-state index contributed by atoms with van der Waals surface area (Å²) in [6.07, 6.45) is 8.20. The number of hydrogen-bond donors (Lipinski definition) is 1. The zero-order chi connectivity index (χ0) is 19.7. The van der Waals surface area contributed by atoms with Crippen molar-refractivity contribution in [2.75, 3.05) is 18.4 Å². The van der Waals surface area contributed by atoms with Crippen LogP contribution in [0.3, 0.4) is 0 Å². The first kappa shape index (κ1) is 19.9. The maximum absolute atomic E-state index is 12.6. The molecule has 1 N–H and O–H groups in total. The Hall–Kier alpha value is -1.38. The molecule has 0 radical (unpaired) electrons. The Morgan fingerprint density at radius 2 is 2.00 bits per heavy atom. The van der Waals surface area contributed by atoms with E-state index in [2.05, 4.69) is 41.0 Å². The summed E-state index contributed by atoms with van der Waals surface area (Å²) in [5.74, 6) is 2.50. The van der Waals surface area contributed by atoms with Crippen LogP contribution in [0.25, 0.3) is 0 Å². The minimum atomic E-state index is -0.0351. The van der Waals surface area contributed by atoms with E-state index in [-0.39, 0.29) is 17.2 Å². The topological polar surface area (TPSA) is 71.3 Å². The number of thioether (sulfide) groups is 1. The van der Waals surface area contributed by atoms with Gasteiger partial charge in [-0.25, -0.2) is 9.97 Å². The third-order valence-electron chi connectivity index (χ3n) is 5.31. The molecule has 2 aliphatic rings. The molecule has 1 saturated heterocycles. The average molecular weight is 421 g/mol. The largest absolute Gasteiger partial charge is 0.444 e. The third-order valence-corrected chi connectivity index (χ3v) is 7.40. The zero-order valence-corrected chi connectivity index (χ0v) is 18.4. The number of anilines is 1. The van der Waals surface area contributed by atoms with Crippen molar-refractivity contribution in [3.63, 3.8) is 0 Å². The number of likely N-dealkylation sites (tertiary alicyclic amines) is 1. The van der Waals surface area contributed by atoms with Gasteiger partial charge < -0.3 is 14.6 Å². The van der Waals surface area contributed by atoms with E-state index in [1.807, 2.05) is 12.4 Å². The predicted molar refractivity (Wildman–Crippen MR) is 113 cm³/mol. The first-order valence-corrected chi connectivity index (χ1v) is 11.8. The molecule has 0 spiro atoms. The number of nitrogens with one attached hydrogen (secondary N) is 1. The van der Waals surface area contributed by atoms with E-state index >= 15 is 0 Å². The second-order valence-electron chi connectivity index (χ2n) is 8.67. The molecule has 2 aromatic rings. The Bertz CT molecular complexity index is 814. The van der Waals surface area contributed by atoms with Crippen molar-refractivity contribution in [1.29, 1.82) is 0 Å². The zero-order valence-electron chi connectivity index (χ0n) is 16.7. The van der Waals surface area contributed by atoms with Crippen LogP contribution in [-0.4, -0.2) is 39.9 Å². The molecular weight excluding hydrogens is 392 g/mol. The number of oxazole rings is 1. The first-order valence-electron chi connectivity index (χ1n) is 9.97. The second kappa shape index (κ2) is 8.16. The van der Waals surface area contributed by atoms with Crippen LogP contribution in [0.1, 0.15) is 58.1 Å². The Kier molecular flexibility index (Phi) is 5.81. The van der Waals surface area contributed by atoms with Crippen LogP contribution in [0.15, 0.2) is 21.0 Å². The fourth-order valence-electron chi connectivity index (χ4n) is 3.41. The van der Waals surface area contributed by atoms with Crippen molar-refractivity contribution in [1.82, 2.24) is 14.9 Å². The van der Waals surface area contributed by atoms with Gasteiger partial charge in [0.25, 0.3) is 0 Å². The molecule has 4 rings (SSSR count). The van der Waals surface area contributed by atoms with Gasteiger partial charge in [0.1, 0.15) is 5.76 Å². The molecular formula is C20H28N4O2S2. The molecule has 1 amide bonds. The van der Waals surface area contributed by atoms with Gasteiger partial charge in [-0.3, -0.25) is 4.79 Å². The molecule has 0 unspecified atom stereocenters. The van der Waals surface area contributed by atoms with E-state index in [9.17, 15) is 4.79 Å². The Morgan fingerprint density at radius 1 is 1.25 bits per heavy atom. The van der Waals surface area contributed by atoms with Crippen LogP contribution in [0.5, 0.6) is 0 Å². The van der Waals surface area contributed by atoms with Gasteiger partial charge in [0.05, 0.1) is 22.4 Å². The third kappa shape index (κ3) is 4.96. The number of rotatable bonds is 6. The number of nitrogens with zero attached hydrogens (tertiary/aromatic N) is 3. The number of aromatic nitrogens is 2. The van der Waals surface area contributed by atoms with Gasteiger partial charge in [-0.2, -0.15) is 0 Å². The average Bonchev–Trinajstić information content (AvgIpc) is 3.22. The predicted octanol–water partition coefficient (Wildman–Crippen LogP) is 4.53. The lowest BCUT2D eigenvalue weighted by Crippen LogP contribution is -2.39. The lowest BCUT2D eigenvalue weighted by Gasteiger charge is -2.31. The van der Waals surface area contributed by atoms with Crippen LogP contribution in [0.4, 0.5) is 5.13 Å². The van der Waals surface area contributed by atoms with Crippen LogP contribution in [-0.2, 0) is 16.0 Å². The summed E-state index contributed by atoms with van der Waals surface area (Å²) in [6.45, 7) is 8.43. The van der Waals surface area contributed by atoms with Crippen LogP contribution in [0.2, 0.25) is 0 Å². The lowest BCUT2D eigenvalue weighted by molar-refractivity contribution is -0.121. The SMILES string of the molecule is CC(C)(C)c1cnc(CSc2cnc(NC(=O)C3CCN(C4CC4)CC3)s2)o1. The molecule has 0 bridgehead atoms. The van der Waals surface area contributed by atoms with Gasteiger partial charge in [-0.15, -0.1) is 11.8 Å². The minimum absolute atomic E-state index is 0.0351. The van der Waals surface area contributed by atoms with E-state index in [0.29, 0.717) is 10.9 Å². The number of amides is 1. The molecule has 1 aliphatic carbocycles. The van der Waals surface area contributed by atoms with Crippen molar-refractivity contribution in [3.05, 3.63) is 24.0 Å². The molecule has 1 aliphatic heterocycles. The molecule has 152 valence electrons. The monoisotopic (exact) mass is 420 g/mol. The number of hydrogen-bond acceptors (Lipinski definition) is 7. The van der Waals surface area contributed by atoms with E-state index in [1.165, 1.54) is 24.2 Å². The van der Waals surface area contributed by atoms with Gasteiger partial charge in [0.15, 0.2) is 5.13 Å². The molecule has 6 nitrogen and oxygen atoms in total. The summed E-state index contributed by atoms with van der Waals surface area (Å²) >= 11 is 3.15. The molecule has 0 atom stereocenters. The highest BCUT2D eigenvalue weighted by molar-refractivity contribution is 8.00. The van der Waals surface area contributed by atoms with Crippen molar-refractivity contribution in [3.8, 4) is 0 Å². The fraction of sp³-hybridized carbons (Fsp3) is 0.650. The van der Waals surface area contributed by atoms with E-state index in [0.717, 1.165) is 47.8 Å². The highest BCUT2D eigenvalue weighted by Crippen LogP contribution is 2.33. The van der Waals surface area contributed by atoms with Crippen molar-refractivity contribution in [2.24, 2.45) is 5.92 Å². The van der Waals surface area contributed by atoms with Gasteiger partial charge in [-0.05, 0) is 38.8 Å². The maximum atomic E-state index is 12.6. The summed E-state index contributed by atoms with van der Waals surface area (Å²) in [6, 6.07) is 0.797. The summed E-state index contributed by atoms with van der Waals surface area (Å²) in [7, 11) is 0. The normalized spacial score (nSPS) is 19.1. The molecule has 3 heterocycles. The molecule has 1 saturated carbocycles. The smallest absolute Gasteiger partial charge is 0.229 e. The van der Waals surface area contributed by atoms with Crippen LogP contribution < -0.4 is 5.32 Å². The van der Waals surface area contributed by atoms with Crippen molar-refractivity contribution < 1.29 is 9.21 Å². The summed E-state index contributed by atoms with van der Waals surface area (Å²) in [4.78, 5) is 23.8. The number of carbonyl (C=O) groups excluding carboxylic acids is 1. The highest BCUT2D eigenvalue weighted by atomic mass is 32.2. The van der Waals surface area contributed by atoms with Crippen LogP contribution >= 0.6 is 23.1 Å². The van der Waals surface area contributed by atoms with E-state index in [4.69, 9.17) is 4.42 Å². The summed E-state index contributed by atoms with van der Waals surface area (Å²) < 4.78 is 6.88. The minimum Gasteiger partial charge on any atom is -0.444 e. The van der Waals surface area contributed by atoms with E-state index < -0.39 is 0 Å².